The molecule has 1 N–H and O–H groups in total. The summed E-state index contributed by atoms with van der Waals surface area (Å²) in [5.41, 5.74) is -0.320. The molecule has 0 spiro atoms. The van der Waals surface area contributed by atoms with Crippen molar-refractivity contribution in [1.82, 2.24) is 0 Å². The molecule has 0 amide bonds. The fourth-order valence-corrected chi connectivity index (χ4v) is 2.26. The Balaban J connectivity index is 2.65. The highest BCUT2D eigenvalue weighted by Gasteiger charge is 2.30. The summed E-state index contributed by atoms with van der Waals surface area (Å²) in [7, 11) is 0. The minimum absolute atomic E-state index is 0.152. The van der Waals surface area contributed by atoms with Crippen molar-refractivity contribution < 1.29 is 9.85 Å². The van der Waals surface area contributed by atoms with Gasteiger partial charge < -0.3 is 5.32 Å². The summed E-state index contributed by atoms with van der Waals surface area (Å²) < 4.78 is 0. The zero-order chi connectivity index (χ0) is 18.1. The first-order valence-electron chi connectivity index (χ1n) is 7.09. The molecule has 126 valence electrons. The Kier molecular flexibility index (Phi) is 4.75. The quantitative estimate of drug-likeness (QED) is 0.604. The smallest absolute Gasteiger partial charge is 0.300 e. The summed E-state index contributed by atoms with van der Waals surface area (Å²) in [6, 6.07) is 9.09. The molecule has 0 aliphatic heterocycles. The first-order chi connectivity index (χ1) is 11.1. The van der Waals surface area contributed by atoms with Crippen LogP contribution < -0.4 is 5.32 Å². The third kappa shape index (κ3) is 3.80. The molecule has 0 bridgehead atoms. The number of nitro groups is 2. The van der Waals surface area contributed by atoms with E-state index in [2.05, 4.69) is 5.32 Å². The lowest BCUT2D eigenvalue weighted by atomic mass is 9.86. The van der Waals surface area contributed by atoms with Gasteiger partial charge in [-0.05, 0) is 35.2 Å². The minimum atomic E-state index is -0.625. The fourth-order valence-electron chi connectivity index (χ4n) is 2.14. The Bertz CT molecular complexity index is 763. The van der Waals surface area contributed by atoms with Crippen LogP contribution in [0.1, 0.15) is 26.3 Å². The lowest BCUT2D eigenvalue weighted by Gasteiger charge is -2.19. The molecule has 0 unspecified atom stereocenters. The molecule has 0 aliphatic carbocycles. The number of nitrogens with one attached hydrogen (secondary N) is 1. The highest BCUT2D eigenvalue weighted by Crippen LogP contribution is 2.40. The number of halogens is 1. The van der Waals surface area contributed by atoms with Crippen molar-refractivity contribution in [2.45, 2.75) is 26.2 Å². The van der Waals surface area contributed by atoms with Gasteiger partial charge in [-0.25, -0.2) is 0 Å². The third-order valence-electron chi connectivity index (χ3n) is 3.47. The van der Waals surface area contributed by atoms with Gasteiger partial charge in [0.15, 0.2) is 5.69 Å². The van der Waals surface area contributed by atoms with Gasteiger partial charge in [0.05, 0.1) is 9.85 Å². The van der Waals surface area contributed by atoms with Crippen LogP contribution in [0.2, 0.25) is 5.02 Å². The molecule has 8 heteroatoms. The molecule has 0 saturated heterocycles. The van der Waals surface area contributed by atoms with E-state index in [1.165, 1.54) is 12.1 Å². The third-order valence-corrected chi connectivity index (χ3v) is 3.72. The van der Waals surface area contributed by atoms with Crippen LogP contribution in [0.4, 0.5) is 22.7 Å². The normalized spacial score (nSPS) is 11.2. The predicted octanol–water partition coefficient (Wildman–Crippen LogP) is 5.20. The standard InChI is InChI=1S/C16H16ClN3O4/c1-16(2,3)10-8-13(19(21)22)15(14(9-10)20(23)24)18-12-6-4-11(17)5-7-12/h4-9,18H,1-3H3. The zero-order valence-corrected chi connectivity index (χ0v) is 14.1. The van der Waals surface area contributed by atoms with Crippen LogP contribution in [-0.2, 0) is 5.41 Å². The molecule has 0 atom stereocenters. The molecule has 0 saturated carbocycles. The van der Waals surface area contributed by atoms with E-state index in [0.717, 1.165) is 0 Å². The van der Waals surface area contributed by atoms with Gasteiger partial charge in [0.25, 0.3) is 11.4 Å². The van der Waals surface area contributed by atoms with Crippen molar-refractivity contribution in [2.75, 3.05) is 5.32 Å². The van der Waals surface area contributed by atoms with Crippen molar-refractivity contribution in [3.63, 3.8) is 0 Å². The van der Waals surface area contributed by atoms with Crippen molar-refractivity contribution in [3.8, 4) is 0 Å². The van der Waals surface area contributed by atoms with E-state index in [1.54, 1.807) is 24.3 Å². The van der Waals surface area contributed by atoms with Gasteiger partial charge in [-0.1, -0.05) is 32.4 Å². The number of nitrogens with zero attached hydrogens (tertiary/aromatic N) is 2. The molecule has 0 aromatic heterocycles. The van der Waals surface area contributed by atoms with E-state index in [4.69, 9.17) is 11.6 Å². The Hall–Kier alpha value is -2.67. The molecule has 24 heavy (non-hydrogen) atoms. The maximum atomic E-state index is 11.4. The minimum Gasteiger partial charge on any atom is -0.344 e. The lowest BCUT2D eigenvalue weighted by molar-refractivity contribution is -0.392. The van der Waals surface area contributed by atoms with Crippen molar-refractivity contribution in [3.05, 3.63) is 67.2 Å². The molecule has 0 heterocycles. The van der Waals surface area contributed by atoms with Gasteiger partial charge in [-0.3, -0.25) is 20.2 Å². The summed E-state index contributed by atoms with van der Waals surface area (Å²) in [5.74, 6) is 0. The van der Waals surface area contributed by atoms with Crippen LogP contribution in [0.15, 0.2) is 36.4 Å². The van der Waals surface area contributed by atoms with E-state index < -0.39 is 15.3 Å². The summed E-state index contributed by atoms with van der Waals surface area (Å²) >= 11 is 5.80. The van der Waals surface area contributed by atoms with E-state index in [1.807, 2.05) is 20.8 Å². The van der Waals surface area contributed by atoms with Gasteiger partial charge >= 0.3 is 0 Å². The van der Waals surface area contributed by atoms with Crippen LogP contribution >= 0.6 is 11.6 Å². The van der Waals surface area contributed by atoms with E-state index >= 15 is 0 Å². The number of hydrogen-bond donors (Lipinski definition) is 1. The topological polar surface area (TPSA) is 98.3 Å². The first kappa shape index (κ1) is 17.7. The number of anilines is 2. The fraction of sp³-hybridized carbons (Fsp3) is 0.250. The predicted molar refractivity (Wildman–Crippen MR) is 93.2 cm³/mol. The molecule has 2 aromatic rings. The molecular weight excluding hydrogens is 334 g/mol. The second-order valence-corrected chi connectivity index (χ2v) is 6.72. The van der Waals surface area contributed by atoms with Gasteiger partial charge in [-0.2, -0.15) is 0 Å². The van der Waals surface area contributed by atoms with E-state index in [0.29, 0.717) is 16.3 Å². The van der Waals surface area contributed by atoms with Crippen LogP contribution in [0, 0.1) is 20.2 Å². The maximum absolute atomic E-state index is 11.4. The van der Waals surface area contributed by atoms with Gasteiger partial charge in [0, 0.05) is 22.8 Å². The second kappa shape index (κ2) is 6.45. The average Bonchev–Trinajstić information content (AvgIpc) is 2.48. The second-order valence-electron chi connectivity index (χ2n) is 6.29. The summed E-state index contributed by atoms with van der Waals surface area (Å²) in [6.07, 6.45) is 0. The highest BCUT2D eigenvalue weighted by atomic mass is 35.5. The van der Waals surface area contributed by atoms with E-state index in [9.17, 15) is 20.2 Å². The first-order valence-corrected chi connectivity index (χ1v) is 7.47. The Morgan fingerprint density at radius 3 is 1.79 bits per heavy atom. The molecule has 7 nitrogen and oxygen atoms in total. The molecule has 2 aromatic carbocycles. The number of benzene rings is 2. The maximum Gasteiger partial charge on any atom is 0.300 e. The Morgan fingerprint density at radius 2 is 1.42 bits per heavy atom. The van der Waals surface area contributed by atoms with Crippen LogP contribution in [0.25, 0.3) is 0 Å². The van der Waals surface area contributed by atoms with Crippen molar-refractivity contribution in [2.24, 2.45) is 0 Å². The van der Waals surface area contributed by atoms with Gasteiger partial charge in [0.1, 0.15) is 0 Å². The van der Waals surface area contributed by atoms with E-state index in [-0.39, 0.29) is 17.1 Å². The number of nitro benzene ring substituents is 2. The monoisotopic (exact) mass is 349 g/mol. The van der Waals surface area contributed by atoms with Crippen molar-refractivity contribution >= 4 is 34.4 Å². The zero-order valence-electron chi connectivity index (χ0n) is 13.4. The molecule has 0 fully saturated rings. The SMILES string of the molecule is CC(C)(C)c1cc([N+](=O)[O-])c(Nc2ccc(Cl)cc2)c([N+](=O)[O-])c1. The summed E-state index contributed by atoms with van der Waals surface area (Å²) in [4.78, 5) is 21.6. The molecular formula is C16H16ClN3O4. The lowest BCUT2D eigenvalue weighted by Crippen LogP contribution is -2.13. The number of rotatable bonds is 4. The highest BCUT2D eigenvalue weighted by molar-refractivity contribution is 6.30. The Labute approximate surface area is 143 Å². The van der Waals surface area contributed by atoms with Crippen molar-refractivity contribution in [1.29, 1.82) is 0 Å². The largest absolute Gasteiger partial charge is 0.344 e. The van der Waals surface area contributed by atoms with Crippen LogP contribution in [0.5, 0.6) is 0 Å². The Morgan fingerprint density at radius 1 is 0.958 bits per heavy atom. The van der Waals surface area contributed by atoms with Crippen LogP contribution in [-0.4, -0.2) is 9.85 Å². The molecule has 0 aliphatic rings. The summed E-state index contributed by atoms with van der Waals surface area (Å²) in [5, 5.41) is 26.1. The van der Waals surface area contributed by atoms with Gasteiger partial charge in [-0.15, -0.1) is 0 Å². The average molecular weight is 350 g/mol. The molecule has 0 radical (unpaired) electrons. The van der Waals surface area contributed by atoms with Crippen LogP contribution in [0.3, 0.4) is 0 Å². The van der Waals surface area contributed by atoms with Gasteiger partial charge in [0.2, 0.25) is 0 Å². The summed E-state index contributed by atoms with van der Waals surface area (Å²) in [6.45, 7) is 5.51. The molecule has 2 rings (SSSR count). The number of hydrogen-bond acceptors (Lipinski definition) is 5.